The Bertz CT molecular complexity index is 576. The summed E-state index contributed by atoms with van der Waals surface area (Å²) >= 11 is 0. The zero-order valence-electron chi connectivity index (χ0n) is 10.3. The first kappa shape index (κ1) is 12.1. The number of rotatable bonds is 4. The second-order valence-electron chi connectivity index (χ2n) is 4.10. The highest BCUT2D eigenvalue weighted by Crippen LogP contribution is 2.17. The Hall–Kier alpha value is -2.37. The van der Waals surface area contributed by atoms with E-state index in [0.717, 1.165) is 16.9 Å². The molecule has 0 bridgehead atoms. The third-order valence-electron chi connectivity index (χ3n) is 2.78. The second kappa shape index (κ2) is 4.87. The lowest BCUT2D eigenvalue weighted by molar-refractivity contribution is 0.1000. The molecule has 0 aliphatic carbocycles. The number of aryl methyl sites for hydroxylation is 2. The fourth-order valence-corrected chi connectivity index (χ4v) is 1.67. The largest absolute Gasteiger partial charge is 0.379 e. The molecule has 3 N–H and O–H groups in total. The maximum atomic E-state index is 11.0. The first-order valence-electron chi connectivity index (χ1n) is 5.56. The van der Waals surface area contributed by atoms with Gasteiger partial charge in [0.2, 0.25) is 5.91 Å². The van der Waals surface area contributed by atoms with E-state index < -0.39 is 5.91 Å². The van der Waals surface area contributed by atoms with Gasteiger partial charge in [-0.15, -0.1) is 5.10 Å². The molecule has 6 heteroatoms. The standard InChI is InChI=1S/C12H15N5O/c1-8-5-9(12(13)18)3-4-11(8)14-6-10-7-15-16-17(10)2/h3-5,7,14H,6H2,1-2H3,(H2,13,18). The van der Waals surface area contributed by atoms with E-state index in [-0.39, 0.29) is 0 Å². The van der Waals surface area contributed by atoms with Crippen LogP contribution >= 0.6 is 0 Å². The highest BCUT2D eigenvalue weighted by atomic mass is 16.1. The van der Waals surface area contributed by atoms with Crippen LogP contribution in [-0.2, 0) is 13.6 Å². The molecule has 0 fully saturated rings. The fraction of sp³-hybridized carbons (Fsp3) is 0.250. The number of anilines is 1. The predicted molar refractivity (Wildman–Crippen MR) is 68.0 cm³/mol. The number of nitrogens with two attached hydrogens (primary N) is 1. The highest BCUT2D eigenvalue weighted by molar-refractivity contribution is 5.93. The van der Waals surface area contributed by atoms with Crippen LogP contribution < -0.4 is 11.1 Å². The van der Waals surface area contributed by atoms with Crippen molar-refractivity contribution < 1.29 is 4.79 Å². The molecule has 0 saturated heterocycles. The van der Waals surface area contributed by atoms with Gasteiger partial charge in [-0.2, -0.15) is 0 Å². The minimum Gasteiger partial charge on any atom is -0.379 e. The lowest BCUT2D eigenvalue weighted by Crippen LogP contribution is -2.12. The van der Waals surface area contributed by atoms with Gasteiger partial charge in [-0.3, -0.25) is 9.48 Å². The van der Waals surface area contributed by atoms with Crippen molar-refractivity contribution in [1.29, 1.82) is 0 Å². The van der Waals surface area contributed by atoms with Gasteiger partial charge in [0, 0.05) is 18.3 Å². The SMILES string of the molecule is Cc1cc(C(N)=O)ccc1NCc1cnnn1C. The molecule has 18 heavy (non-hydrogen) atoms. The van der Waals surface area contributed by atoms with E-state index in [9.17, 15) is 4.79 Å². The van der Waals surface area contributed by atoms with Crippen molar-refractivity contribution in [3.8, 4) is 0 Å². The Morgan fingerprint density at radius 2 is 2.28 bits per heavy atom. The van der Waals surface area contributed by atoms with Gasteiger partial charge in [0.05, 0.1) is 18.4 Å². The van der Waals surface area contributed by atoms with Crippen molar-refractivity contribution in [2.24, 2.45) is 12.8 Å². The Kier molecular flexibility index (Phi) is 3.27. The summed E-state index contributed by atoms with van der Waals surface area (Å²) in [4.78, 5) is 11.0. The molecule has 1 heterocycles. The molecular formula is C12H15N5O. The summed E-state index contributed by atoms with van der Waals surface area (Å²) in [5.41, 5.74) is 8.65. The zero-order chi connectivity index (χ0) is 13.1. The van der Waals surface area contributed by atoms with E-state index in [1.807, 2.05) is 20.0 Å². The summed E-state index contributed by atoms with van der Waals surface area (Å²) in [6.45, 7) is 2.55. The van der Waals surface area contributed by atoms with Gasteiger partial charge >= 0.3 is 0 Å². The van der Waals surface area contributed by atoms with Crippen molar-refractivity contribution in [3.05, 3.63) is 41.2 Å². The molecule has 2 rings (SSSR count). The lowest BCUT2D eigenvalue weighted by Gasteiger charge is -2.10. The van der Waals surface area contributed by atoms with Gasteiger partial charge < -0.3 is 11.1 Å². The normalized spacial score (nSPS) is 10.3. The van der Waals surface area contributed by atoms with E-state index in [2.05, 4.69) is 15.6 Å². The summed E-state index contributed by atoms with van der Waals surface area (Å²) in [5, 5.41) is 10.9. The van der Waals surface area contributed by atoms with Crippen LogP contribution in [0.1, 0.15) is 21.6 Å². The molecule has 1 amide bonds. The first-order chi connectivity index (χ1) is 8.58. The predicted octanol–water partition coefficient (Wildman–Crippen LogP) is 0.835. The first-order valence-corrected chi connectivity index (χ1v) is 5.56. The second-order valence-corrected chi connectivity index (χ2v) is 4.10. The molecule has 6 nitrogen and oxygen atoms in total. The highest BCUT2D eigenvalue weighted by Gasteiger charge is 2.05. The number of aromatic nitrogens is 3. The molecule has 0 atom stereocenters. The van der Waals surface area contributed by atoms with Gasteiger partial charge in [-0.05, 0) is 30.7 Å². The molecule has 0 radical (unpaired) electrons. The Morgan fingerprint density at radius 1 is 1.50 bits per heavy atom. The lowest BCUT2D eigenvalue weighted by atomic mass is 10.1. The Morgan fingerprint density at radius 3 is 2.83 bits per heavy atom. The van der Waals surface area contributed by atoms with Crippen molar-refractivity contribution >= 4 is 11.6 Å². The minimum atomic E-state index is -0.416. The number of nitrogens with zero attached hydrogens (tertiary/aromatic N) is 3. The maximum absolute atomic E-state index is 11.0. The van der Waals surface area contributed by atoms with Crippen LogP contribution in [0.5, 0.6) is 0 Å². The van der Waals surface area contributed by atoms with E-state index in [4.69, 9.17) is 5.73 Å². The smallest absolute Gasteiger partial charge is 0.248 e. The monoisotopic (exact) mass is 245 g/mol. The van der Waals surface area contributed by atoms with Crippen LogP contribution in [0.25, 0.3) is 0 Å². The number of benzene rings is 1. The third-order valence-corrected chi connectivity index (χ3v) is 2.78. The fourth-order valence-electron chi connectivity index (χ4n) is 1.67. The van der Waals surface area contributed by atoms with Gasteiger partial charge in [0.25, 0.3) is 0 Å². The van der Waals surface area contributed by atoms with Crippen LogP contribution in [0.2, 0.25) is 0 Å². The minimum absolute atomic E-state index is 0.416. The van der Waals surface area contributed by atoms with Gasteiger partial charge in [-0.1, -0.05) is 5.21 Å². The van der Waals surface area contributed by atoms with Gasteiger partial charge in [0.15, 0.2) is 0 Å². The maximum Gasteiger partial charge on any atom is 0.248 e. The van der Waals surface area contributed by atoms with Crippen molar-refractivity contribution in [2.75, 3.05) is 5.32 Å². The third kappa shape index (κ3) is 2.48. The van der Waals surface area contributed by atoms with Crippen LogP contribution in [0.15, 0.2) is 24.4 Å². The quantitative estimate of drug-likeness (QED) is 0.835. The summed E-state index contributed by atoms with van der Waals surface area (Å²) in [7, 11) is 1.84. The topological polar surface area (TPSA) is 85.8 Å². The van der Waals surface area contributed by atoms with E-state index in [1.54, 1.807) is 23.0 Å². The summed E-state index contributed by atoms with van der Waals surface area (Å²) in [6, 6.07) is 5.32. The Labute approximate surface area is 105 Å². The number of amides is 1. The van der Waals surface area contributed by atoms with Crippen molar-refractivity contribution in [2.45, 2.75) is 13.5 Å². The molecular weight excluding hydrogens is 230 g/mol. The average Bonchev–Trinajstić information content (AvgIpc) is 2.73. The number of nitrogens with one attached hydrogen (secondary N) is 1. The van der Waals surface area contributed by atoms with Crippen LogP contribution in [-0.4, -0.2) is 20.9 Å². The zero-order valence-corrected chi connectivity index (χ0v) is 10.3. The number of carbonyl (C=O) groups is 1. The van der Waals surface area contributed by atoms with Gasteiger partial charge in [0.1, 0.15) is 0 Å². The average molecular weight is 245 g/mol. The number of primary amides is 1. The van der Waals surface area contributed by atoms with Crippen molar-refractivity contribution in [1.82, 2.24) is 15.0 Å². The molecule has 0 unspecified atom stereocenters. The van der Waals surface area contributed by atoms with E-state index in [0.29, 0.717) is 12.1 Å². The van der Waals surface area contributed by atoms with Crippen LogP contribution in [0.3, 0.4) is 0 Å². The number of hydrogen-bond acceptors (Lipinski definition) is 4. The molecule has 0 aliphatic heterocycles. The van der Waals surface area contributed by atoms with E-state index in [1.165, 1.54) is 0 Å². The summed E-state index contributed by atoms with van der Waals surface area (Å²) in [5.74, 6) is -0.416. The molecule has 1 aromatic carbocycles. The molecule has 0 spiro atoms. The molecule has 94 valence electrons. The molecule has 2 aromatic rings. The Balaban J connectivity index is 2.11. The van der Waals surface area contributed by atoms with Crippen LogP contribution in [0.4, 0.5) is 5.69 Å². The number of hydrogen-bond donors (Lipinski definition) is 2. The molecule has 1 aromatic heterocycles. The van der Waals surface area contributed by atoms with Gasteiger partial charge in [-0.25, -0.2) is 0 Å². The molecule has 0 aliphatic rings. The summed E-state index contributed by atoms with van der Waals surface area (Å²) in [6.07, 6.45) is 1.71. The van der Waals surface area contributed by atoms with Crippen LogP contribution in [0, 0.1) is 6.92 Å². The van der Waals surface area contributed by atoms with E-state index >= 15 is 0 Å². The molecule has 0 saturated carbocycles. The van der Waals surface area contributed by atoms with Crippen molar-refractivity contribution in [3.63, 3.8) is 0 Å². The summed E-state index contributed by atoms with van der Waals surface area (Å²) < 4.78 is 1.71. The number of carbonyl (C=O) groups excluding carboxylic acids is 1.